The fourth-order valence-corrected chi connectivity index (χ4v) is 1.99. The summed E-state index contributed by atoms with van der Waals surface area (Å²) in [6.07, 6.45) is 0. The minimum Gasteiger partial charge on any atom is -0.321 e. The van der Waals surface area contributed by atoms with Crippen molar-refractivity contribution in [2.75, 3.05) is 0 Å². The molecule has 5 nitrogen and oxygen atoms in total. The SMILES string of the molecule is O=c1[nH]c(-c2ccccc2)ccc1-c1nc(=S)[nH][nH]1. The van der Waals surface area contributed by atoms with Gasteiger partial charge in [0.15, 0.2) is 5.82 Å². The van der Waals surface area contributed by atoms with Crippen molar-refractivity contribution in [3.05, 3.63) is 57.6 Å². The Bertz CT molecular complexity index is 816. The third-order valence-corrected chi connectivity index (χ3v) is 2.94. The Hall–Kier alpha value is -2.47. The van der Waals surface area contributed by atoms with E-state index in [9.17, 15) is 4.79 Å². The van der Waals surface area contributed by atoms with Gasteiger partial charge >= 0.3 is 0 Å². The van der Waals surface area contributed by atoms with Crippen molar-refractivity contribution >= 4 is 12.2 Å². The molecule has 0 aliphatic carbocycles. The molecular weight excluding hydrogens is 260 g/mol. The summed E-state index contributed by atoms with van der Waals surface area (Å²) in [7, 11) is 0. The van der Waals surface area contributed by atoms with Crippen molar-refractivity contribution < 1.29 is 0 Å². The first kappa shape index (κ1) is 11.6. The van der Waals surface area contributed by atoms with Crippen LogP contribution in [0.2, 0.25) is 0 Å². The van der Waals surface area contributed by atoms with Gasteiger partial charge < -0.3 is 4.98 Å². The maximum Gasteiger partial charge on any atom is 0.259 e. The lowest BCUT2D eigenvalue weighted by Gasteiger charge is -2.02. The van der Waals surface area contributed by atoms with Gasteiger partial charge in [0.25, 0.3) is 5.56 Å². The summed E-state index contributed by atoms with van der Waals surface area (Å²) in [6, 6.07) is 13.2. The molecule has 0 unspecified atom stereocenters. The molecule has 0 aliphatic heterocycles. The highest BCUT2D eigenvalue weighted by Gasteiger charge is 2.07. The van der Waals surface area contributed by atoms with Crippen molar-refractivity contribution in [1.82, 2.24) is 20.2 Å². The van der Waals surface area contributed by atoms with Crippen LogP contribution in [0, 0.1) is 4.77 Å². The van der Waals surface area contributed by atoms with Crippen LogP contribution >= 0.6 is 12.2 Å². The van der Waals surface area contributed by atoms with Gasteiger partial charge in [0, 0.05) is 5.69 Å². The van der Waals surface area contributed by atoms with E-state index in [0.29, 0.717) is 16.2 Å². The summed E-state index contributed by atoms with van der Waals surface area (Å²) >= 11 is 4.87. The number of aromatic amines is 3. The van der Waals surface area contributed by atoms with Gasteiger partial charge in [-0.15, -0.1) is 0 Å². The molecule has 3 rings (SSSR count). The van der Waals surface area contributed by atoms with E-state index < -0.39 is 0 Å². The predicted molar refractivity (Wildman–Crippen MR) is 75.3 cm³/mol. The Morgan fingerprint density at radius 3 is 2.42 bits per heavy atom. The van der Waals surface area contributed by atoms with Gasteiger partial charge in [-0.1, -0.05) is 30.3 Å². The Morgan fingerprint density at radius 2 is 1.79 bits per heavy atom. The fraction of sp³-hybridized carbons (Fsp3) is 0. The van der Waals surface area contributed by atoms with Crippen LogP contribution in [-0.2, 0) is 0 Å². The zero-order valence-electron chi connectivity index (χ0n) is 9.81. The molecule has 3 N–H and O–H groups in total. The normalized spacial score (nSPS) is 10.5. The van der Waals surface area contributed by atoms with Crippen LogP contribution in [0.1, 0.15) is 0 Å². The third-order valence-electron chi connectivity index (χ3n) is 2.75. The molecule has 0 bridgehead atoms. The number of benzene rings is 1. The van der Waals surface area contributed by atoms with Crippen LogP contribution in [0.5, 0.6) is 0 Å². The number of aromatic nitrogens is 4. The molecule has 0 aliphatic rings. The lowest BCUT2D eigenvalue weighted by atomic mass is 10.1. The van der Waals surface area contributed by atoms with E-state index in [4.69, 9.17) is 12.2 Å². The summed E-state index contributed by atoms with van der Waals surface area (Å²) in [6.45, 7) is 0. The second kappa shape index (κ2) is 4.66. The second-order valence-corrected chi connectivity index (χ2v) is 4.38. The molecule has 19 heavy (non-hydrogen) atoms. The first-order valence-electron chi connectivity index (χ1n) is 5.68. The number of hydrogen-bond acceptors (Lipinski definition) is 3. The minimum absolute atomic E-state index is 0.209. The molecule has 0 atom stereocenters. The quantitative estimate of drug-likeness (QED) is 0.626. The van der Waals surface area contributed by atoms with Gasteiger partial charge in [-0.05, 0) is 29.9 Å². The molecule has 94 valence electrons. The summed E-state index contributed by atoms with van der Waals surface area (Å²) < 4.78 is 0.321. The standard InChI is InChI=1S/C13H10N4OS/c18-12-9(11-15-13(19)17-16-11)6-7-10(14-12)8-4-2-1-3-5-8/h1-7H,(H,14,18)(H2,15,16,17,19). The molecule has 0 radical (unpaired) electrons. The van der Waals surface area contributed by atoms with E-state index in [2.05, 4.69) is 20.2 Å². The van der Waals surface area contributed by atoms with Crippen LogP contribution in [0.4, 0.5) is 0 Å². The predicted octanol–water partition coefficient (Wildman–Crippen LogP) is 2.49. The molecule has 0 saturated carbocycles. The summed E-state index contributed by atoms with van der Waals surface area (Å²) in [4.78, 5) is 18.9. The lowest BCUT2D eigenvalue weighted by molar-refractivity contribution is 1.08. The number of pyridine rings is 1. The van der Waals surface area contributed by atoms with Gasteiger partial charge in [0.2, 0.25) is 4.77 Å². The van der Waals surface area contributed by atoms with Crippen molar-refractivity contribution in [2.24, 2.45) is 0 Å². The molecule has 0 spiro atoms. The molecule has 6 heteroatoms. The van der Waals surface area contributed by atoms with Gasteiger partial charge in [-0.3, -0.25) is 15.0 Å². The molecule has 2 heterocycles. The van der Waals surface area contributed by atoms with Crippen molar-refractivity contribution in [2.45, 2.75) is 0 Å². The summed E-state index contributed by atoms with van der Waals surface area (Å²) in [5.74, 6) is 0.436. The smallest absolute Gasteiger partial charge is 0.259 e. The Kier molecular flexibility index (Phi) is 2.85. The monoisotopic (exact) mass is 270 g/mol. The molecular formula is C13H10N4OS. The van der Waals surface area contributed by atoms with Crippen LogP contribution in [0.25, 0.3) is 22.6 Å². The van der Waals surface area contributed by atoms with E-state index in [1.54, 1.807) is 6.07 Å². The maximum absolute atomic E-state index is 12.1. The van der Waals surface area contributed by atoms with Crippen molar-refractivity contribution in [1.29, 1.82) is 0 Å². The molecule has 0 amide bonds. The number of H-pyrrole nitrogens is 3. The van der Waals surface area contributed by atoms with E-state index in [-0.39, 0.29) is 5.56 Å². The Labute approximate surface area is 113 Å². The van der Waals surface area contributed by atoms with E-state index >= 15 is 0 Å². The average Bonchev–Trinajstić information content (AvgIpc) is 2.86. The summed E-state index contributed by atoms with van der Waals surface area (Å²) in [5, 5.41) is 5.43. The van der Waals surface area contributed by atoms with Crippen LogP contribution in [0.3, 0.4) is 0 Å². The highest BCUT2D eigenvalue weighted by Crippen LogP contribution is 2.16. The van der Waals surface area contributed by atoms with Crippen LogP contribution in [0.15, 0.2) is 47.3 Å². The first-order valence-corrected chi connectivity index (χ1v) is 6.09. The van der Waals surface area contributed by atoms with Gasteiger partial charge in [-0.25, -0.2) is 0 Å². The highest BCUT2D eigenvalue weighted by atomic mass is 32.1. The lowest BCUT2D eigenvalue weighted by Crippen LogP contribution is -2.10. The second-order valence-electron chi connectivity index (χ2n) is 4.00. The number of hydrogen-bond donors (Lipinski definition) is 3. The highest BCUT2D eigenvalue weighted by molar-refractivity contribution is 7.71. The largest absolute Gasteiger partial charge is 0.321 e. The van der Waals surface area contributed by atoms with E-state index in [1.165, 1.54) is 0 Å². The fourth-order valence-electron chi connectivity index (χ4n) is 1.84. The number of nitrogens with one attached hydrogen (secondary N) is 3. The average molecular weight is 270 g/mol. The van der Waals surface area contributed by atoms with E-state index in [1.807, 2.05) is 36.4 Å². The van der Waals surface area contributed by atoms with Gasteiger partial charge in [0.05, 0.1) is 5.56 Å². The minimum atomic E-state index is -0.209. The van der Waals surface area contributed by atoms with Crippen LogP contribution in [-0.4, -0.2) is 20.2 Å². The Balaban J connectivity index is 2.08. The van der Waals surface area contributed by atoms with Gasteiger partial charge in [-0.2, -0.15) is 4.98 Å². The Morgan fingerprint density at radius 1 is 1.00 bits per heavy atom. The topological polar surface area (TPSA) is 77.3 Å². The van der Waals surface area contributed by atoms with Gasteiger partial charge in [0.1, 0.15) is 0 Å². The van der Waals surface area contributed by atoms with Crippen molar-refractivity contribution in [3.63, 3.8) is 0 Å². The zero-order valence-corrected chi connectivity index (χ0v) is 10.6. The van der Waals surface area contributed by atoms with Crippen LogP contribution < -0.4 is 5.56 Å². The maximum atomic E-state index is 12.1. The summed E-state index contributed by atoms with van der Waals surface area (Å²) in [5.41, 5.74) is 1.97. The number of rotatable bonds is 2. The molecule has 0 saturated heterocycles. The number of nitrogens with zero attached hydrogens (tertiary/aromatic N) is 1. The molecule has 2 aromatic heterocycles. The molecule has 0 fully saturated rings. The third kappa shape index (κ3) is 2.25. The molecule has 1 aromatic carbocycles. The molecule has 3 aromatic rings. The van der Waals surface area contributed by atoms with E-state index in [0.717, 1.165) is 11.3 Å². The van der Waals surface area contributed by atoms with Crippen molar-refractivity contribution in [3.8, 4) is 22.6 Å². The first-order chi connectivity index (χ1) is 9.24. The zero-order chi connectivity index (χ0) is 13.2.